The van der Waals surface area contributed by atoms with Gasteiger partial charge in [-0.1, -0.05) is 19.9 Å². The first-order valence-electron chi connectivity index (χ1n) is 4.70. The summed E-state index contributed by atoms with van der Waals surface area (Å²) < 4.78 is 2.17. The highest BCUT2D eigenvalue weighted by Crippen LogP contribution is 2.24. The van der Waals surface area contributed by atoms with Crippen molar-refractivity contribution in [3.63, 3.8) is 0 Å². The van der Waals surface area contributed by atoms with E-state index in [1.54, 1.807) is 0 Å². The zero-order chi connectivity index (χ0) is 10.7. The van der Waals surface area contributed by atoms with Crippen molar-refractivity contribution in [2.75, 3.05) is 0 Å². The van der Waals surface area contributed by atoms with Crippen LogP contribution in [0.5, 0.6) is 0 Å². The van der Waals surface area contributed by atoms with Crippen molar-refractivity contribution in [3.05, 3.63) is 32.7 Å². The van der Waals surface area contributed by atoms with Gasteiger partial charge in [-0.05, 0) is 61.9 Å². The van der Waals surface area contributed by atoms with Crippen molar-refractivity contribution < 1.29 is 0 Å². The molecule has 14 heavy (non-hydrogen) atoms. The van der Waals surface area contributed by atoms with Gasteiger partial charge in [0, 0.05) is 15.0 Å². The molecule has 0 aliphatic rings. The zero-order valence-corrected chi connectivity index (χ0v) is 11.6. The maximum absolute atomic E-state index is 6.01. The summed E-state index contributed by atoms with van der Waals surface area (Å²) in [5.74, 6) is 0.525. The standard InChI is InChI=1S/C11H15Br2N/c1-7(2)11(14)6-8-3-4-9(12)10(13)5-8/h3-5,7,11H,6,14H2,1-2H3. The molecule has 2 N–H and O–H groups in total. The number of rotatable bonds is 3. The number of hydrogen-bond donors (Lipinski definition) is 1. The average Bonchev–Trinajstić information content (AvgIpc) is 2.11. The molecule has 0 aromatic heterocycles. The highest BCUT2D eigenvalue weighted by atomic mass is 79.9. The first-order valence-corrected chi connectivity index (χ1v) is 6.29. The van der Waals surface area contributed by atoms with Gasteiger partial charge in [0.1, 0.15) is 0 Å². The lowest BCUT2D eigenvalue weighted by Gasteiger charge is -2.15. The van der Waals surface area contributed by atoms with E-state index in [0.717, 1.165) is 15.4 Å². The summed E-state index contributed by atoms with van der Waals surface area (Å²) in [6.45, 7) is 4.30. The van der Waals surface area contributed by atoms with E-state index in [4.69, 9.17) is 5.73 Å². The third-order valence-corrected chi connectivity index (χ3v) is 4.19. The van der Waals surface area contributed by atoms with Crippen LogP contribution in [0.25, 0.3) is 0 Å². The Morgan fingerprint density at radius 1 is 1.21 bits per heavy atom. The molecule has 3 heteroatoms. The van der Waals surface area contributed by atoms with E-state index in [1.807, 2.05) is 6.07 Å². The molecule has 0 amide bonds. The van der Waals surface area contributed by atoms with Crippen molar-refractivity contribution >= 4 is 31.9 Å². The monoisotopic (exact) mass is 319 g/mol. The topological polar surface area (TPSA) is 26.0 Å². The van der Waals surface area contributed by atoms with Crippen molar-refractivity contribution in [2.45, 2.75) is 26.3 Å². The lowest BCUT2D eigenvalue weighted by Crippen LogP contribution is -2.28. The molecule has 1 rings (SSSR count). The minimum absolute atomic E-state index is 0.239. The Balaban J connectivity index is 2.73. The van der Waals surface area contributed by atoms with Crippen molar-refractivity contribution in [3.8, 4) is 0 Å². The van der Waals surface area contributed by atoms with Crippen LogP contribution in [0, 0.1) is 5.92 Å². The third-order valence-electron chi connectivity index (χ3n) is 2.31. The molecule has 0 spiro atoms. The summed E-state index contributed by atoms with van der Waals surface area (Å²) in [5, 5.41) is 0. The number of nitrogens with two attached hydrogens (primary N) is 1. The van der Waals surface area contributed by atoms with Crippen LogP contribution in [-0.2, 0) is 6.42 Å². The summed E-state index contributed by atoms with van der Waals surface area (Å²) in [6.07, 6.45) is 0.934. The van der Waals surface area contributed by atoms with Crippen LogP contribution < -0.4 is 5.73 Å². The van der Waals surface area contributed by atoms with Gasteiger partial charge in [-0.3, -0.25) is 0 Å². The Bertz CT molecular complexity index is 310. The van der Waals surface area contributed by atoms with Gasteiger partial charge in [0.05, 0.1) is 0 Å². The molecule has 1 atom stereocenters. The normalized spacial score (nSPS) is 13.3. The molecular formula is C11H15Br2N. The fraction of sp³-hybridized carbons (Fsp3) is 0.455. The van der Waals surface area contributed by atoms with Crippen LogP contribution in [0.2, 0.25) is 0 Å². The van der Waals surface area contributed by atoms with Crippen LogP contribution >= 0.6 is 31.9 Å². The molecule has 0 bridgehead atoms. The molecular weight excluding hydrogens is 306 g/mol. The second-order valence-corrected chi connectivity index (χ2v) is 5.57. The molecule has 0 aliphatic carbocycles. The van der Waals surface area contributed by atoms with Gasteiger partial charge < -0.3 is 5.73 Å². The first kappa shape index (κ1) is 12.2. The lowest BCUT2D eigenvalue weighted by atomic mass is 9.97. The highest BCUT2D eigenvalue weighted by Gasteiger charge is 2.09. The Hall–Kier alpha value is 0.140. The van der Waals surface area contributed by atoms with E-state index >= 15 is 0 Å². The van der Waals surface area contributed by atoms with E-state index in [0.29, 0.717) is 5.92 Å². The number of halogens is 2. The summed E-state index contributed by atoms with van der Waals surface area (Å²) in [5.41, 5.74) is 7.29. The molecule has 0 radical (unpaired) electrons. The predicted molar refractivity (Wildman–Crippen MR) is 68.4 cm³/mol. The van der Waals surface area contributed by atoms with E-state index in [9.17, 15) is 0 Å². The molecule has 0 saturated carbocycles. The molecule has 1 nitrogen and oxygen atoms in total. The second kappa shape index (κ2) is 5.29. The Kier molecular flexibility index (Phi) is 4.61. The Morgan fingerprint density at radius 2 is 1.86 bits per heavy atom. The molecule has 78 valence electrons. The van der Waals surface area contributed by atoms with Gasteiger partial charge in [0.15, 0.2) is 0 Å². The number of benzene rings is 1. The third kappa shape index (κ3) is 3.37. The minimum atomic E-state index is 0.239. The van der Waals surface area contributed by atoms with Crippen LogP contribution in [0.3, 0.4) is 0 Å². The van der Waals surface area contributed by atoms with Gasteiger partial charge in [-0.2, -0.15) is 0 Å². The van der Waals surface area contributed by atoms with E-state index in [1.165, 1.54) is 5.56 Å². The Labute approximate surface area is 102 Å². The minimum Gasteiger partial charge on any atom is -0.327 e. The van der Waals surface area contributed by atoms with Gasteiger partial charge in [0.25, 0.3) is 0 Å². The van der Waals surface area contributed by atoms with Gasteiger partial charge in [-0.25, -0.2) is 0 Å². The van der Waals surface area contributed by atoms with Gasteiger partial charge >= 0.3 is 0 Å². The van der Waals surface area contributed by atoms with Crippen LogP contribution in [0.4, 0.5) is 0 Å². The maximum atomic E-state index is 6.01. The zero-order valence-electron chi connectivity index (χ0n) is 8.43. The van der Waals surface area contributed by atoms with Crippen molar-refractivity contribution in [1.29, 1.82) is 0 Å². The van der Waals surface area contributed by atoms with Gasteiger partial charge in [-0.15, -0.1) is 0 Å². The first-order chi connectivity index (χ1) is 6.50. The van der Waals surface area contributed by atoms with Crippen LogP contribution in [0.1, 0.15) is 19.4 Å². The van der Waals surface area contributed by atoms with Crippen molar-refractivity contribution in [1.82, 2.24) is 0 Å². The molecule has 1 aromatic carbocycles. The lowest BCUT2D eigenvalue weighted by molar-refractivity contribution is 0.490. The molecule has 0 heterocycles. The summed E-state index contributed by atoms with van der Waals surface area (Å²) in [4.78, 5) is 0. The van der Waals surface area contributed by atoms with E-state index in [-0.39, 0.29) is 6.04 Å². The summed E-state index contributed by atoms with van der Waals surface area (Å²) in [6, 6.07) is 6.51. The van der Waals surface area contributed by atoms with Crippen LogP contribution in [-0.4, -0.2) is 6.04 Å². The molecule has 1 unspecified atom stereocenters. The fourth-order valence-electron chi connectivity index (χ4n) is 1.17. The second-order valence-electron chi connectivity index (χ2n) is 3.86. The summed E-state index contributed by atoms with van der Waals surface area (Å²) in [7, 11) is 0. The highest BCUT2D eigenvalue weighted by molar-refractivity contribution is 9.13. The smallest absolute Gasteiger partial charge is 0.0320 e. The Morgan fingerprint density at radius 3 is 2.36 bits per heavy atom. The van der Waals surface area contributed by atoms with Crippen LogP contribution in [0.15, 0.2) is 27.1 Å². The quantitative estimate of drug-likeness (QED) is 0.902. The number of hydrogen-bond acceptors (Lipinski definition) is 1. The summed E-state index contributed by atoms with van der Waals surface area (Å²) >= 11 is 6.93. The van der Waals surface area contributed by atoms with Gasteiger partial charge in [0.2, 0.25) is 0 Å². The van der Waals surface area contributed by atoms with Crippen molar-refractivity contribution in [2.24, 2.45) is 11.7 Å². The van der Waals surface area contributed by atoms with E-state index < -0.39 is 0 Å². The molecule has 0 fully saturated rings. The largest absolute Gasteiger partial charge is 0.327 e. The maximum Gasteiger partial charge on any atom is 0.0320 e. The fourth-order valence-corrected chi connectivity index (χ4v) is 1.85. The molecule has 1 aromatic rings. The average molecular weight is 321 g/mol. The predicted octanol–water partition coefficient (Wildman–Crippen LogP) is 3.74. The SMILES string of the molecule is CC(C)C(N)Cc1ccc(Br)c(Br)c1. The van der Waals surface area contributed by atoms with E-state index in [2.05, 4.69) is 57.8 Å². The molecule has 0 saturated heterocycles. The molecule has 0 aliphatic heterocycles.